The molecule has 1 aliphatic carbocycles. The molecule has 0 bridgehead atoms. The third-order valence-electron chi connectivity index (χ3n) is 2.62. The normalized spacial score (nSPS) is 13.5. The van der Waals surface area contributed by atoms with Gasteiger partial charge in [0, 0.05) is 29.1 Å². The molecule has 16 heavy (non-hydrogen) atoms. The molecule has 3 nitrogen and oxygen atoms in total. The molecule has 0 saturated carbocycles. The molecule has 1 aliphatic rings. The predicted molar refractivity (Wildman–Crippen MR) is 60.7 cm³/mol. The quantitative estimate of drug-likeness (QED) is 0.721. The Hall–Kier alpha value is -2.29. The second-order valence-electron chi connectivity index (χ2n) is 3.60. The highest BCUT2D eigenvalue weighted by atomic mass is 16.1. The van der Waals surface area contributed by atoms with Crippen LogP contribution in [0.4, 0.5) is 0 Å². The van der Waals surface area contributed by atoms with Gasteiger partial charge < -0.3 is 0 Å². The highest BCUT2D eigenvalue weighted by Crippen LogP contribution is 2.30. The summed E-state index contributed by atoms with van der Waals surface area (Å²) in [6, 6.07) is 7.57. The molecule has 3 rings (SSSR count). The Bertz CT molecular complexity index is 588. The van der Waals surface area contributed by atoms with Crippen LogP contribution in [-0.2, 0) is 0 Å². The van der Waals surface area contributed by atoms with Crippen molar-refractivity contribution in [3.63, 3.8) is 0 Å². The van der Waals surface area contributed by atoms with Gasteiger partial charge in [0.2, 0.25) is 0 Å². The summed E-state index contributed by atoms with van der Waals surface area (Å²) in [6.45, 7) is 0. The van der Waals surface area contributed by atoms with Crippen molar-refractivity contribution in [2.45, 2.75) is 0 Å². The van der Waals surface area contributed by atoms with Crippen molar-refractivity contribution in [1.82, 2.24) is 9.97 Å². The van der Waals surface area contributed by atoms with Gasteiger partial charge >= 0.3 is 0 Å². The maximum atomic E-state index is 12.1. The van der Waals surface area contributed by atoms with Crippen molar-refractivity contribution in [3.05, 3.63) is 59.7 Å². The van der Waals surface area contributed by atoms with Crippen molar-refractivity contribution in [2.75, 3.05) is 0 Å². The van der Waals surface area contributed by atoms with Crippen LogP contribution < -0.4 is 0 Å². The van der Waals surface area contributed by atoms with Crippen LogP contribution in [-0.4, -0.2) is 15.8 Å². The lowest BCUT2D eigenvalue weighted by molar-refractivity contribution is 0.105. The van der Waals surface area contributed by atoms with E-state index in [2.05, 4.69) is 9.97 Å². The number of hydrogen-bond donors (Lipinski definition) is 0. The van der Waals surface area contributed by atoms with E-state index in [4.69, 9.17) is 0 Å². The second kappa shape index (κ2) is 3.38. The molecule has 0 spiro atoms. The van der Waals surface area contributed by atoms with E-state index in [9.17, 15) is 4.79 Å². The molecule has 76 valence electrons. The van der Waals surface area contributed by atoms with Gasteiger partial charge in [-0.05, 0) is 11.6 Å². The molecule has 0 amide bonds. The molecule has 0 atom stereocenters. The maximum Gasteiger partial charge on any atom is 0.194 e. The summed E-state index contributed by atoms with van der Waals surface area (Å²) in [5.74, 6) is 0.0467. The third-order valence-corrected chi connectivity index (χ3v) is 2.62. The van der Waals surface area contributed by atoms with Gasteiger partial charge in [0.05, 0.1) is 0 Å². The first-order chi connectivity index (χ1) is 7.86. The van der Waals surface area contributed by atoms with Gasteiger partial charge in [0.25, 0.3) is 0 Å². The second-order valence-corrected chi connectivity index (χ2v) is 3.60. The van der Waals surface area contributed by atoms with Gasteiger partial charge in [-0.15, -0.1) is 0 Å². The average Bonchev–Trinajstić information content (AvgIpc) is 2.69. The number of carbonyl (C=O) groups is 1. The van der Waals surface area contributed by atoms with E-state index >= 15 is 0 Å². The SMILES string of the molecule is O=C1C(c2cncnc2)=Cc2ccccc21. The molecule has 1 aromatic carbocycles. The fourth-order valence-electron chi connectivity index (χ4n) is 1.85. The van der Waals surface area contributed by atoms with Crippen LogP contribution in [0.2, 0.25) is 0 Å². The van der Waals surface area contributed by atoms with Crippen LogP contribution in [0.15, 0.2) is 43.0 Å². The largest absolute Gasteiger partial charge is 0.289 e. The van der Waals surface area contributed by atoms with Gasteiger partial charge in [-0.25, -0.2) is 9.97 Å². The van der Waals surface area contributed by atoms with Gasteiger partial charge in [-0.2, -0.15) is 0 Å². The number of rotatable bonds is 1. The Kier molecular flexibility index (Phi) is 1.90. The van der Waals surface area contributed by atoms with E-state index in [1.165, 1.54) is 6.33 Å². The molecule has 1 aromatic heterocycles. The van der Waals surface area contributed by atoms with Crippen LogP contribution in [0, 0.1) is 0 Å². The number of allylic oxidation sites excluding steroid dienone is 1. The van der Waals surface area contributed by atoms with E-state index in [1.54, 1.807) is 12.4 Å². The number of Topliss-reactive ketones (excluding diaryl/α,β-unsaturated/α-hetero) is 1. The minimum atomic E-state index is 0.0467. The Morgan fingerprint density at radius 1 is 1.00 bits per heavy atom. The first-order valence-corrected chi connectivity index (χ1v) is 4.97. The van der Waals surface area contributed by atoms with Crippen LogP contribution >= 0.6 is 0 Å². The smallest absolute Gasteiger partial charge is 0.194 e. The number of ketones is 1. The van der Waals surface area contributed by atoms with E-state index in [1.807, 2.05) is 30.3 Å². The summed E-state index contributed by atoms with van der Waals surface area (Å²) in [6.07, 6.45) is 6.65. The van der Waals surface area contributed by atoms with E-state index < -0.39 is 0 Å². The van der Waals surface area contributed by atoms with Gasteiger partial charge in [-0.3, -0.25) is 4.79 Å². The predicted octanol–water partition coefficient (Wildman–Crippen LogP) is 2.21. The topological polar surface area (TPSA) is 42.9 Å². The lowest BCUT2D eigenvalue weighted by Gasteiger charge is -1.98. The Labute approximate surface area is 92.5 Å². The molecule has 0 aliphatic heterocycles. The lowest BCUT2D eigenvalue weighted by atomic mass is 10.1. The zero-order valence-electron chi connectivity index (χ0n) is 8.42. The number of aromatic nitrogens is 2. The lowest BCUT2D eigenvalue weighted by Crippen LogP contribution is -1.98. The molecular weight excluding hydrogens is 200 g/mol. The number of hydrogen-bond acceptors (Lipinski definition) is 3. The van der Waals surface area contributed by atoms with E-state index in [-0.39, 0.29) is 5.78 Å². The summed E-state index contributed by atoms with van der Waals surface area (Å²) in [5, 5.41) is 0. The zero-order valence-corrected chi connectivity index (χ0v) is 8.42. The molecule has 3 heteroatoms. The molecule has 0 unspecified atom stereocenters. The minimum Gasteiger partial charge on any atom is -0.289 e. The van der Waals surface area contributed by atoms with Crippen LogP contribution in [0.1, 0.15) is 21.5 Å². The molecule has 0 N–H and O–H groups in total. The monoisotopic (exact) mass is 208 g/mol. The Morgan fingerprint density at radius 2 is 1.75 bits per heavy atom. The number of carbonyl (C=O) groups excluding carboxylic acids is 1. The first kappa shape index (κ1) is 8.97. The van der Waals surface area contributed by atoms with Gasteiger partial charge in [-0.1, -0.05) is 24.3 Å². The fourth-order valence-corrected chi connectivity index (χ4v) is 1.85. The van der Waals surface area contributed by atoms with E-state index in [0.29, 0.717) is 5.57 Å². The summed E-state index contributed by atoms with van der Waals surface area (Å²) < 4.78 is 0. The van der Waals surface area contributed by atoms with E-state index in [0.717, 1.165) is 16.7 Å². The first-order valence-electron chi connectivity index (χ1n) is 4.97. The van der Waals surface area contributed by atoms with Crippen molar-refractivity contribution in [1.29, 1.82) is 0 Å². The van der Waals surface area contributed by atoms with Crippen LogP contribution in [0.25, 0.3) is 11.6 Å². The fraction of sp³-hybridized carbons (Fsp3) is 0. The Morgan fingerprint density at radius 3 is 2.50 bits per heavy atom. The minimum absolute atomic E-state index is 0.0467. The molecule has 0 saturated heterocycles. The molecule has 2 aromatic rings. The molecule has 0 radical (unpaired) electrons. The highest BCUT2D eigenvalue weighted by Gasteiger charge is 2.22. The standard InChI is InChI=1S/C13H8N2O/c16-13-11-4-2-1-3-9(11)5-12(13)10-6-14-8-15-7-10/h1-8H. The van der Waals surface area contributed by atoms with Crippen LogP contribution in [0.3, 0.4) is 0 Å². The molecular formula is C13H8N2O. The average molecular weight is 208 g/mol. The number of fused-ring (bicyclic) bond motifs is 1. The summed E-state index contributed by atoms with van der Waals surface area (Å²) >= 11 is 0. The zero-order chi connectivity index (χ0) is 11.0. The summed E-state index contributed by atoms with van der Waals surface area (Å²) in [5.41, 5.74) is 3.15. The summed E-state index contributed by atoms with van der Waals surface area (Å²) in [7, 11) is 0. The molecule has 0 fully saturated rings. The van der Waals surface area contributed by atoms with Gasteiger partial charge in [0.15, 0.2) is 5.78 Å². The summed E-state index contributed by atoms with van der Waals surface area (Å²) in [4.78, 5) is 19.9. The molecule has 1 heterocycles. The van der Waals surface area contributed by atoms with Crippen molar-refractivity contribution < 1.29 is 4.79 Å². The Balaban J connectivity index is 2.13. The van der Waals surface area contributed by atoms with Crippen molar-refractivity contribution in [3.8, 4) is 0 Å². The van der Waals surface area contributed by atoms with Crippen molar-refractivity contribution in [2.24, 2.45) is 0 Å². The van der Waals surface area contributed by atoms with Crippen molar-refractivity contribution >= 4 is 17.4 Å². The number of benzene rings is 1. The maximum absolute atomic E-state index is 12.1. The number of nitrogens with zero attached hydrogens (tertiary/aromatic N) is 2. The third kappa shape index (κ3) is 1.26. The van der Waals surface area contributed by atoms with Crippen LogP contribution in [0.5, 0.6) is 0 Å². The highest BCUT2D eigenvalue weighted by molar-refractivity contribution is 6.37. The van der Waals surface area contributed by atoms with Gasteiger partial charge in [0.1, 0.15) is 6.33 Å².